The Morgan fingerprint density at radius 3 is 2.29 bits per heavy atom. The molecule has 0 aromatic heterocycles. The predicted molar refractivity (Wildman–Crippen MR) is 59.9 cm³/mol. The van der Waals surface area contributed by atoms with Crippen LogP contribution in [0, 0.1) is 40.9 Å². The first kappa shape index (κ1) is 9.24. The summed E-state index contributed by atoms with van der Waals surface area (Å²) in [4.78, 5) is 0. The maximum absolute atomic E-state index is 2.45. The van der Waals surface area contributed by atoms with Crippen LogP contribution in [0.5, 0.6) is 0 Å². The summed E-state index contributed by atoms with van der Waals surface area (Å²) in [6.45, 7) is 9.67. The zero-order valence-electron chi connectivity index (χ0n) is 10.1. The van der Waals surface area contributed by atoms with Gasteiger partial charge in [-0.15, -0.1) is 0 Å². The van der Waals surface area contributed by atoms with Crippen molar-refractivity contribution in [3.05, 3.63) is 0 Å². The summed E-state index contributed by atoms with van der Waals surface area (Å²) in [6, 6.07) is 0. The van der Waals surface area contributed by atoms with Gasteiger partial charge in [-0.05, 0) is 60.2 Å². The molecule has 0 aromatic rings. The van der Waals surface area contributed by atoms with Gasteiger partial charge in [0.15, 0.2) is 0 Å². The maximum Gasteiger partial charge on any atom is -0.0201 e. The van der Waals surface area contributed by atoms with Gasteiger partial charge in [-0.25, -0.2) is 0 Å². The molecule has 0 radical (unpaired) electrons. The Labute approximate surface area is 88.5 Å². The van der Waals surface area contributed by atoms with E-state index in [-0.39, 0.29) is 0 Å². The predicted octanol–water partition coefficient (Wildman–Crippen LogP) is 3.96. The van der Waals surface area contributed by atoms with Crippen LogP contribution in [0.4, 0.5) is 0 Å². The molecule has 0 bridgehead atoms. The minimum absolute atomic E-state index is 0.892. The molecule has 0 heterocycles. The number of rotatable bonds is 4. The fraction of sp³-hybridized carbons (Fsp3) is 1.00. The van der Waals surface area contributed by atoms with Gasteiger partial charge in [-0.3, -0.25) is 0 Å². The topological polar surface area (TPSA) is 0 Å². The normalized spacial score (nSPS) is 55.5. The first-order valence-corrected chi connectivity index (χ1v) is 6.57. The fourth-order valence-corrected chi connectivity index (χ4v) is 3.91. The van der Waals surface area contributed by atoms with Gasteiger partial charge < -0.3 is 0 Å². The molecule has 14 heavy (non-hydrogen) atoms. The van der Waals surface area contributed by atoms with Crippen molar-refractivity contribution < 1.29 is 0 Å². The third-order valence-corrected chi connectivity index (χ3v) is 5.73. The molecule has 0 spiro atoms. The summed E-state index contributed by atoms with van der Waals surface area (Å²) in [5, 5.41) is 0. The molecular formula is C14H24. The van der Waals surface area contributed by atoms with E-state index in [4.69, 9.17) is 0 Å². The Kier molecular flexibility index (Phi) is 1.70. The van der Waals surface area contributed by atoms with Gasteiger partial charge in [-0.1, -0.05) is 27.7 Å². The summed E-state index contributed by atoms with van der Waals surface area (Å²) in [5.74, 6) is 6.45. The summed E-state index contributed by atoms with van der Waals surface area (Å²) >= 11 is 0. The molecule has 3 aliphatic carbocycles. The van der Waals surface area contributed by atoms with Crippen LogP contribution in [-0.4, -0.2) is 0 Å². The SMILES string of the molecule is CC(C)C(C)CC1C2CC12C1CC1C. The summed E-state index contributed by atoms with van der Waals surface area (Å²) < 4.78 is 0. The first-order chi connectivity index (χ1) is 6.57. The lowest BCUT2D eigenvalue weighted by atomic mass is 9.86. The van der Waals surface area contributed by atoms with Crippen LogP contribution in [0.25, 0.3) is 0 Å². The first-order valence-electron chi connectivity index (χ1n) is 6.57. The molecule has 3 fully saturated rings. The molecule has 0 aromatic carbocycles. The summed E-state index contributed by atoms with van der Waals surface area (Å²) in [7, 11) is 0. The lowest BCUT2D eigenvalue weighted by Crippen LogP contribution is -2.11. The molecule has 0 amide bonds. The average molecular weight is 192 g/mol. The molecule has 0 heteroatoms. The van der Waals surface area contributed by atoms with Crippen molar-refractivity contribution in [1.82, 2.24) is 0 Å². The molecular weight excluding hydrogens is 168 g/mol. The van der Waals surface area contributed by atoms with Gasteiger partial charge in [0.05, 0.1) is 0 Å². The molecule has 0 saturated heterocycles. The van der Waals surface area contributed by atoms with Crippen LogP contribution in [-0.2, 0) is 0 Å². The molecule has 3 aliphatic rings. The van der Waals surface area contributed by atoms with Crippen LogP contribution in [0.1, 0.15) is 47.0 Å². The molecule has 0 N–H and O–H groups in total. The highest BCUT2D eigenvalue weighted by atomic mass is 14.9. The van der Waals surface area contributed by atoms with E-state index in [9.17, 15) is 0 Å². The second-order valence-corrected chi connectivity index (χ2v) is 6.81. The third-order valence-electron chi connectivity index (χ3n) is 5.73. The quantitative estimate of drug-likeness (QED) is 0.632. The largest absolute Gasteiger partial charge is 0.0625 e. The van der Waals surface area contributed by atoms with Crippen LogP contribution < -0.4 is 0 Å². The van der Waals surface area contributed by atoms with Crippen molar-refractivity contribution in [1.29, 1.82) is 0 Å². The van der Waals surface area contributed by atoms with E-state index in [0.29, 0.717) is 0 Å². The summed E-state index contributed by atoms with van der Waals surface area (Å²) in [5.41, 5.74) is 0.933. The van der Waals surface area contributed by atoms with Gasteiger partial charge in [0.25, 0.3) is 0 Å². The molecule has 0 nitrogen and oxygen atoms in total. The Morgan fingerprint density at radius 2 is 1.86 bits per heavy atom. The molecule has 6 atom stereocenters. The Balaban J connectivity index is 1.55. The van der Waals surface area contributed by atoms with Gasteiger partial charge >= 0.3 is 0 Å². The van der Waals surface area contributed by atoms with Crippen molar-refractivity contribution in [2.45, 2.75) is 47.0 Å². The maximum atomic E-state index is 2.45. The lowest BCUT2D eigenvalue weighted by Gasteiger charge is -2.19. The highest BCUT2D eigenvalue weighted by Gasteiger charge is 2.83. The minimum atomic E-state index is 0.892. The van der Waals surface area contributed by atoms with E-state index in [1.54, 1.807) is 12.8 Å². The Hall–Kier alpha value is 0. The lowest BCUT2D eigenvalue weighted by molar-refractivity contribution is 0.303. The second-order valence-electron chi connectivity index (χ2n) is 6.81. The highest BCUT2D eigenvalue weighted by Crippen LogP contribution is 2.89. The van der Waals surface area contributed by atoms with E-state index < -0.39 is 0 Å². The van der Waals surface area contributed by atoms with Crippen molar-refractivity contribution in [2.75, 3.05) is 0 Å². The molecule has 6 unspecified atom stereocenters. The molecule has 3 rings (SSSR count). The van der Waals surface area contributed by atoms with Gasteiger partial charge in [0.2, 0.25) is 0 Å². The number of hydrogen-bond acceptors (Lipinski definition) is 0. The standard InChI is InChI=1S/C14H24/c1-8(2)9(3)5-12-13-7-14(12,13)11-6-10(11)4/h8-13H,5-7H2,1-4H3. The smallest absolute Gasteiger partial charge is 0.0201 e. The number of fused-ring (bicyclic) bond motifs is 1. The van der Waals surface area contributed by atoms with Crippen molar-refractivity contribution in [2.24, 2.45) is 40.9 Å². The van der Waals surface area contributed by atoms with Crippen LogP contribution in [0.2, 0.25) is 0 Å². The molecule has 0 aliphatic heterocycles. The van der Waals surface area contributed by atoms with Crippen LogP contribution in [0.3, 0.4) is 0 Å². The van der Waals surface area contributed by atoms with E-state index >= 15 is 0 Å². The Morgan fingerprint density at radius 1 is 1.21 bits per heavy atom. The van der Waals surface area contributed by atoms with Crippen molar-refractivity contribution in [3.8, 4) is 0 Å². The van der Waals surface area contributed by atoms with E-state index in [0.717, 1.165) is 35.0 Å². The van der Waals surface area contributed by atoms with Crippen molar-refractivity contribution >= 4 is 0 Å². The highest BCUT2D eigenvalue weighted by molar-refractivity contribution is 5.30. The van der Waals surface area contributed by atoms with Crippen LogP contribution >= 0.6 is 0 Å². The van der Waals surface area contributed by atoms with Crippen LogP contribution in [0.15, 0.2) is 0 Å². The molecule has 3 saturated carbocycles. The minimum Gasteiger partial charge on any atom is -0.0625 e. The monoisotopic (exact) mass is 192 g/mol. The van der Waals surface area contributed by atoms with Crippen molar-refractivity contribution in [3.63, 3.8) is 0 Å². The fourth-order valence-electron chi connectivity index (χ4n) is 3.91. The second kappa shape index (κ2) is 2.57. The zero-order chi connectivity index (χ0) is 10.1. The zero-order valence-corrected chi connectivity index (χ0v) is 10.1. The summed E-state index contributed by atoms with van der Waals surface area (Å²) in [6.07, 6.45) is 4.70. The third kappa shape index (κ3) is 1.06. The van der Waals surface area contributed by atoms with Gasteiger partial charge in [0.1, 0.15) is 0 Å². The van der Waals surface area contributed by atoms with Gasteiger partial charge in [-0.2, -0.15) is 0 Å². The number of hydrogen-bond donors (Lipinski definition) is 0. The van der Waals surface area contributed by atoms with Gasteiger partial charge in [0, 0.05) is 0 Å². The van der Waals surface area contributed by atoms with E-state index in [1.807, 2.05) is 0 Å². The van der Waals surface area contributed by atoms with E-state index in [1.165, 1.54) is 12.3 Å². The average Bonchev–Trinajstić information content (AvgIpc) is 2.93. The van der Waals surface area contributed by atoms with E-state index in [2.05, 4.69) is 27.7 Å². The Bertz CT molecular complexity index is 255. The molecule has 80 valence electrons.